The van der Waals surface area contributed by atoms with Gasteiger partial charge in [0.05, 0.1) is 23.5 Å². The Hall–Kier alpha value is -2.53. The smallest absolute Gasteiger partial charge is 0.303 e. The molecule has 1 aliphatic rings. The first-order chi connectivity index (χ1) is 14.0. The third kappa shape index (κ3) is 3.56. The summed E-state index contributed by atoms with van der Waals surface area (Å²) in [7, 11) is 3.18. The van der Waals surface area contributed by atoms with Gasteiger partial charge in [0, 0.05) is 38.0 Å². The monoisotopic (exact) mass is 443 g/mol. The average Bonchev–Trinajstić information content (AvgIpc) is 3.18. The molecule has 1 atom stereocenters. The zero-order valence-electron chi connectivity index (χ0n) is 16.3. The lowest BCUT2D eigenvalue weighted by atomic mass is 10.2. The van der Waals surface area contributed by atoms with Crippen LogP contribution in [0.2, 0.25) is 5.15 Å². The number of hydrogen-bond acceptors (Lipinski definition) is 6. The van der Waals surface area contributed by atoms with Crippen molar-refractivity contribution >= 4 is 28.3 Å². The average molecular weight is 444 g/mol. The topological polar surface area (TPSA) is 63.0 Å². The summed E-state index contributed by atoms with van der Waals surface area (Å²) in [5, 5.41) is 5.02. The Balaban J connectivity index is 1.85. The number of hydrogen-bond donors (Lipinski definition) is 0. The van der Waals surface area contributed by atoms with Gasteiger partial charge >= 0.3 is 5.92 Å². The van der Waals surface area contributed by atoms with Crippen molar-refractivity contribution in [2.45, 2.75) is 24.8 Å². The highest BCUT2D eigenvalue weighted by Crippen LogP contribution is 2.37. The van der Waals surface area contributed by atoms with Crippen LogP contribution in [0.3, 0.4) is 0 Å². The zero-order valence-corrected chi connectivity index (χ0v) is 17.1. The molecule has 0 aliphatic carbocycles. The molecule has 1 fully saturated rings. The molecule has 1 unspecified atom stereocenters. The van der Waals surface area contributed by atoms with Crippen LogP contribution in [-0.4, -0.2) is 68.8 Å². The Morgan fingerprint density at radius 2 is 2.00 bits per heavy atom. The van der Waals surface area contributed by atoms with Crippen molar-refractivity contribution in [1.82, 2.24) is 29.6 Å². The molecule has 3 aromatic heterocycles. The van der Waals surface area contributed by atoms with Gasteiger partial charge < -0.3 is 4.90 Å². The molecule has 4 rings (SSSR count). The summed E-state index contributed by atoms with van der Waals surface area (Å²) in [5.74, 6) is -6.56. The van der Waals surface area contributed by atoms with Crippen LogP contribution in [0.4, 0.5) is 23.4 Å². The largest absolute Gasteiger partial charge is 0.347 e. The van der Waals surface area contributed by atoms with E-state index in [4.69, 9.17) is 11.6 Å². The summed E-state index contributed by atoms with van der Waals surface area (Å²) in [6, 6.07) is 1.89. The highest BCUT2D eigenvalue weighted by Gasteiger charge is 2.50. The predicted molar refractivity (Wildman–Crippen MR) is 104 cm³/mol. The molecule has 0 bridgehead atoms. The van der Waals surface area contributed by atoms with E-state index in [2.05, 4.69) is 20.1 Å². The van der Waals surface area contributed by atoms with Crippen molar-refractivity contribution in [3.8, 4) is 5.82 Å². The van der Waals surface area contributed by atoms with Crippen LogP contribution in [0.1, 0.15) is 12.7 Å². The molecule has 0 saturated carbocycles. The van der Waals surface area contributed by atoms with E-state index < -0.39 is 30.3 Å². The zero-order chi connectivity index (χ0) is 21.8. The van der Waals surface area contributed by atoms with Gasteiger partial charge in [0.2, 0.25) is 5.82 Å². The third-order valence-electron chi connectivity index (χ3n) is 4.97. The van der Waals surface area contributed by atoms with Gasteiger partial charge in [0.25, 0.3) is 5.92 Å². The summed E-state index contributed by atoms with van der Waals surface area (Å²) in [4.78, 5) is 14.5. The molecule has 0 N–H and O–H groups in total. The first kappa shape index (κ1) is 20.7. The minimum Gasteiger partial charge on any atom is -0.347 e. The van der Waals surface area contributed by atoms with Gasteiger partial charge in [-0.3, -0.25) is 4.90 Å². The lowest BCUT2D eigenvalue weighted by Crippen LogP contribution is -2.42. The third-order valence-corrected chi connectivity index (χ3v) is 5.18. The van der Waals surface area contributed by atoms with Crippen molar-refractivity contribution in [2.75, 3.05) is 32.1 Å². The maximum absolute atomic E-state index is 14.5. The van der Waals surface area contributed by atoms with E-state index >= 15 is 0 Å². The molecule has 4 heterocycles. The second-order valence-corrected chi connectivity index (χ2v) is 7.89. The van der Waals surface area contributed by atoms with E-state index in [9.17, 15) is 17.6 Å². The van der Waals surface area contributed by atoms with E-state index in [0.29, 0.717) is 17.8 Å². The van der Waals surface area contributed by atoms with Gasteiger partial charge in [-0.25, -0.2) is 28.4 Å². The second-order valence-electron chi connectivity index (χ2n) is 7.51. The van der Waals surface area contributed by atoms with Crippen LogP contribution in [-0.2, 0) is 5.92 Å². The maximum Gasteiger partial charge on any atom is 0.303 e. The highest BCUT2D eigenvalue weighted by atomic mass is 35.5. The normalized spacial score (nSPS) is 19.2. The van der Waals surface area contributed by atoms with Crippen molar-refractivity contribution in [3.05, 3.63) is 35.5 Å². The van der Waals surface area contributed by atoms with Crippen molar-refractivity contribution in [3.63, 3.8) is 0 Å². The predicted octanol–water partition coefficient (Wildman–Crippen LogP) is 3.36. The number of likely N-dealkylation sites (N-methyl/N-ethyl adjacent to an activating group) is 1. The molecule has 7 nitrogen and oxygen atoms in total. The molecule has 1 aliphatic heterocycles. The molecule has 0 spiro atoms. The highest BCUT2D eigenvalue weighted by molar-refractivity contribution is 6.30. The molecule has 0 aromatic carbocycles. The van der Waals surface area contributed by atoms with Crippen molar-refractivity contribution in [2.24, 2.45) is 0 Å². The summed E-state index contributed by atoms with van der Waals surface area (Å²) >= 11 is 6.02. The Morgan fingerprint density at radius 3 is 2.63 bits per heavy atom. The Bertz CT molecular complexity index is 1100. The van der Waals surface area contributed by atoms with E-state index in [-0.39, 0.29) is 23.3 Å². The summed E-state index contributed by atoms with van der Waals surface area (Å²) in [5.41, 5.74) is 0.408. The number of nitrogens with zero attached hydrogens (tertiary/aromatic N) is 7. The molecule has 160 valence electrons. The number of anilines is 1. The fourth-order valence-electron chi connectivity index (χ4n) is 3.53. The van der Waals surface area contributed by atoms with Crippen LogP contribution >= 0.6 is 11.6 Å². The van der Waals surface area contributed by atoms with Crippen LogP contribution in [0, 0.1) is 0 Å². The lowest BCUT2D eigenvalue weighted by molar-refractivity contribution is -0.0334. The quantitative estimate of drug-likeness (QED) is 0.455. The molecule has 3 aromatic rings. The number of halogens is 5. The van der Waals surface area contributed by atoms with Crippen molar-refractivity contribution in [1.29, 1.82) is 0 Å². The first-order valence-electron chi connectivity index (χ1n) is 9.02. The maximum atomic E-state index is 14.5. The van der Waals surface area contributed by atoms with Gasteiger partial charge in [-0.1, -0.05) is 11.6 Å². The van der Waals surface area contributed by atoms with E-state index in [1.54, 1.807) is 14.1 Å². The Kier molecular flexibility index (Phi) is 4.85. The van der Waals surface area contributed by atoms with Gasteiger partial charge in [-0.2, -0.15) is 8.78 Å². The van der Waals surface area contributed by atoms with Crippen LogP contribution in [0.25, 0.3) is 16.7 Å². The van der Waals surface area contributed by atoms with Gasteiger partial charge in [-0.05, 0) is 14.1 Å². The second kappa shape index (κ2) is 7.02. The number of pyridine rings is 1. The molecular formula is C18H18ClF4N7. The van der Waals surface area contributed by atoms with E-state index in [1.807, 2.05) is 0 Å². The molecular weight excluding hydrogens is 426 g/mol. The number of alkyl halides is 4. The van der Waals surface area contributed by atoms with Gasteiger partial charge in [-0.15, -0.1) is 5.10 Å². The molecule has 0 radical (unpaired) electrons. The molecule has 0 amide bonds. The van der Waals surface area contributed by atoms with Gasteiger partial charge in [0.15, 0.2) is 11.6 Å². The number of rotatable bonds is 4. The Labute approximate surface area is 174 Å². The fourth-order valence-corrected chi connectivity index (χ4v) is 3.68. The minimum atomic E-state index is -3.25. The summed E-state index contributed by atoms with van der Waals surface area (Å²) in [6.45, 7) is 0.191. The SMILES string of the molecule is CN(C)C1CN(c2nn(-c3ccnc(C(C)(F)F)n3)c3cc(Cl)ncc23)CC1(F)F. The molecule has 30 heavy (non-hydrogen) atoms. The lowest BCUT2D eigenvalue weighted by Gasteiger charge is -2.23. The van der Waals surface area contributed by atoms with Crippen LogP contribution in [0.5, 0.6) is 0 Å². The van der Waals surface area contributed by atoms with Crippen molar-refractivity contribution < 1.29 is 17.6 Å². The first-order valence-corrected chi connectivity index (χ1v) is 9.40. The van der Waals surface area contributed by atoms with E-state index in [0.717, 1.165) is 0 Å². The van der Waals surface area contributed by atoms with Gasteiger partial charge in [0.1, 0.15) is 5.15 Å². The van der Waals surface area contributed by atoms with Crippen LogP contribution in [0.15, 0.2) is 24.5 Å². The Morgan fingerprint density at radius 1 is 1.27 bits per heavy atom. The van der Waals surface area contributed by atoms with Crippen LogP contribution < -0.4 is 4.90 Å². The molecule has 1 saturated heterocycles. The summed E-state index contributed by atoms with van der Waals surface area (Å²) in [6.07, 6.45) is 2.62. The number of aromatic nitrogens is 5. The number of fused-ring (bicyclic) bond motifs is 1. The minimum absolute atomic E-state index is 0.0385. The summed E-state index contributed by atoms with van der Waals surface area (Å²) < 4.78 is 57.7. The standard InChI is InChI=1S/C18H18ClF4N7/c1-17(20,21)16-24-5-4-14(26-16)30-11-6-13(19)25-7-10(11)15(27-30)29-8-12(28(2)3)18(22,23)9-29/h4-7,12H,8-9H2,1-3H3. The van der Waals surface area contributed by atoms with E-state index in [1.165, 1.54) is 39.0 Å². The fraction of sp³-hybridized carbons (Fsp3) is 0.444. The molecule has 12 heteroatoms.